The number of hydrogen-bond acceptors (Lipinski definition) is 5. The minimum atomic E-state index is -1.16. The van der Waals surface area contributed by atoms with Gasteiger partial charge in [-0.1, -0.05) is 42.5 Å². The summed E-state index contributed by atoms with van der Waals surface area (Å²) in [7, 11) is 0. The molecule has 0 bridgehead atoms. The third-order valence-electron chi connectivity index (χ3n) is 8.30. The van der Waals surface area contributed by atoms with Crippen LogP contribution in [0.15, 0.2) is 77.7 Å². The lowest BCUT2D eigenvalue weighted by Gasteiger charge is -2.32. The standard InChI is InChI=1S/C31H35N3O3S/c35-31(36)24-8-6-23(7-9-24)21-33-15-12-22(13-16-33)20-32-29-19-28(29)25-10-11-30-26(18-25)14-17-34(30)38(37)27-4-2-1-3-5-27/h1-11,18,22,28-29,32H,12-17,19-21H2,(H,35,36). The minimum absolute atomic E-state index is 0.346. The van der Waals surface area contributed by atoms with Gasteiger partial charge >= 0.3 is 5.97 Å². The van der Waals surface area contributed by atoms with Gasteiger partial charge < -0.3 is 15.0 Å². The number of anilines is 1. The Hall–Kier alpha value is -2.84. The summed E-state index contributed by atoms with van der Waals surface area (Å²) < 4.78 is 15.1. The molecule has 6 rings (SSSR count). The molecule has 6 nitrogen and oxygen atoms in total. The third kappa shape index (κ3) is 5.61. The molecule has 3 unspecified atom stereocenters. The second kappa shape index (κ2) is 11.1. The molecule has 1 aliphatic carbocycles. The molecule has 0 radical (unpaired) electrons. The molecule has 198 valence electrons. The van der Waals surface area contributed by atoms with Crippen LogP contribution in [0, 0.1) is 5.92 Å². The van der Waals surface area contributed by atoms with Crippen molar-refractivity contribution < 1.29 is 14.5 Å². The molecule has 2 N–H and O–H groups in total. The van der Waals surface area contributed by atoms with Crippen LogP contribution in [0.3, 0.4) is 0 Å². The van der Waals surface area contributed by atoms with Gasteiger partial charge in [-0.05, 0) is 98.3 Å². The van der Waals surface area contributed by atoms with Gasteiger partial charge in [-0.25, -0.2) is 4.79 Å². The number of piperidine rings is 1. The van der Waals surface area contributed by atoms with Gasteiger partial charge in [-0.3, -0.25) is 4.90 Å². The van der Waals surface area contributed by atoms with E-state index < -0.39 is 17.3 Å². The maximum absolute atomic E-state index is 13.1. The first kappa shape index (κ1) is 25.4. The Morgan fingerprint density at radius 1 is 1.00 bits per heavy atom. The molecule has 38 heavy (non-hydrogen) atoms. The fourth-order valence-corrected chi connectivity index (χ4v) is 7.18. The lowest BCUT2D eigenvalue weighted by molar-refractivity contribution is 0.0697. The number of nitrogens with one attached hydrogen (secondary N) is 1. The molecule has 1 saturated heterocycles. The van der Waals surface area contributed by atoms with Crippen LogP contribution in [0.4, 0.5) is 5.69 Å². The van der Waals surface area contributed by atoms with E-state index in [-0.39, 0.29) is 0 Å². The normalized spacial score (nSPS) is 22.3. The predicted octanol–water partition coefficient (Wildman–Crippen LogP) is 4.83. The van der Waals surface area contributed by atoms with Crippen molar-refractivity contribution in [3.05, 3.63) is 95.1 Å². The van der Waals surface area contributed by atoms with E-state index >= 15 is 0 Å². The second-order valence-electron chi connectivity index (χ2n) is 10.9. The quantitative estimate of drug-likeness (QED) is 0.387. The van der Waals surface area contributed by atoms with Crippen molar-refractivity contribution in [2.75, 3.05) is 30.5 Å². The Morgan fingerprint density at radius 2 is 1.76 bits per heavy atom. The molecule has 7 heteroatoms. The van der Waals surface area contributed by atoms with Gasteiger partial charge in [0.15, 0.2) is 4.90 Å². The van der Waals surface area contributed by atoms with Gasteiger partial charge in [0.2, 0.25) is 0 Å². The maximum Gasteiger partial charge on any atom is 0.335 e. The van der Waals surface area contributed by atoms with E-state index in [4.69, 9.17) is 5.11 Å². The molecule has 3 atom stereocenters. The zero-order valence-corrected chi connectivity index (χ0v) is 22.4. The summed E-state index contributed by atoms with van der Waals surface area (Å²) in [5.74, 6) is 0.424. The van der Waals surface area contributed by atoms with E-state index in [1.165, 1.54) is 36.0 Å². The molecular formula is C31H35N3O3S. The first-order valence-electron chi connectivity index (χ1n) is 13.7. The van der Waals surface area contributed by atoms with Crippen molar-refractivity contribution in [3.8, 4) is 0 Å². The highest BCUT2D eigenvalue weighted by Gasteiger charge is 2.39. The summed E-state index contributed by atoms with van der Waals surface area (Å²) in [6, 6.07) is 24.3. The molecule has 2 aliphatic heterocycles. The molecular weight excluding hydrogens is 494 g/mol. The van der Waals surface area contributed by atoms with Gasteiger partial charge in [0.1, 0.15) is 11.4 Å². The van der Waals surface area contributed by atoms with Gasteiger partial charge in [-0.15, -0.1) is 0 Å². The number of nitrogens with zero attached hydrogens (tertiary/aromatic N) is 2. The zero-order chi connectivity index (χ0) is 26.1. The number of hydrogen-bond donors (Lipinski definition) is 2. The van der Waals surface area contributed by atoms with Crippen LogP contribution in [0.25, 0.3) is 0 Å². The molecule has 3 aromatic carbocycles. The van der Waals surface area contributed by atoms with Gasteiger partial charge in [-0.2, -0.15) is 4.31 Å². The van der Waals surface area contributed by atoms with E-state index in [0.717, 1.165) is 49.7 Å². The van der Waals surface area contributed by atoms with Crippen LogP contribution >= 0.6 is 0 Å². The minimum Gasteiger partial charge on any atom is -0.588 e. The number of benzene rings is 3. The fraction of sp³-hybridized carbons (Fsp3) is 0.387. The molecule has 3 aromatic rings. The first-order chi connectivity index (χ1) is 18.5. The fourth-order valence-electron chi connectivity index (χ4n) is 5.93. The van der Waals surface area contributed by atoms with E-state index in [1.54, 1.807) is 12.1 Å². The molecule has 0 spiro atoms. The summed E-state index contributed by atoms with van der Waals surface area (Å²) in [5.41, 5.74) is 5.37. The van der Waals surface area contributed by atoms with Gasteiger partial charge in [0.05, 0.1) is 17.8 Å². The molecule has 1 saturated carbocycles. The number of likely N-dealkylation sites (tertiary alicyclic amines) is 1. The Labute approximate surface area is 228 Å². The zero-order valence-electron chi connectivity index (χ0n) is 21.6. The summed E-state index contributed by atoms with van der Waals surface area (Å²) in [6.45, 7) is 4.95. The largest absolute Gasteiger partial charge is 0.588 e. The third-order valence-corrected chi connectivity index (χ3v) is 9.76. The van der Waals surface area contributed by atoms with Crippen molar-refractivity contribution in [1.29, 1.82) is 0 Å². The SMILES string of the molecule is O=C(O)c1ccc(CN2CCC(CNC3CC3c3ccc4c(c3)CCN4[S+]([O-])c3ccccc3)CC2)cc1. The van der Waals surface area contributed by atoms with E-state index in [2.05, 4.69) is 28.4 Å². The number of carboxylic acid groups (broad SMARTS) is 1. The van der Waals surface area contributed by atoms with Crippen molar-refractivity contribution in [3.63, 3.8) is 0 Å². The Bertz CT molecular complexity index is 1260. The number of fused-ring (bicyclic) bond motifs is 1. The Balaban J connectivity index is 0.956. The summed E-state index contributed by atoms with van der Waals surface area (Å²) >= 11 is -1.16. The summed E-state index contributed by atoms with van der Waals surface area (Å²) in [6.07, 6.45) is 4.55. The Kier molecular flexibility index (Phi) is 7.43. The number of rotatable bonds is 9. The van der Waals surface area contributed by atoms with Crippen molar-refractivity contribution in [2.24, 2.45) is 5.92 Å². The summed E-state index contributed by atoms with van der Waals surface area (Å²) in [4.78, 5) is 14.4. The van der Waals surface area contributed by atoms with E-state index in [0.29, 0.717) is 23.4 Å². The van der Waals surface area contributed by atoms with Crippen molar-refractivity contribution in [2.45, 2.75) is 49.1 Å². The lowest BCUT2D eigenvalue weighted by Crippen LogP contribution is -2.37. The Morgan fingerprint density at radius 3 is 2.50 bits per heavy atom. The molecule has 2 heterocycles. The smallest absolute Gasteiger partial charge is 0.335 e. The highest BCUT2D eigenvalue weighted by atomic mass is 32.2. The second-order valence-corrected chi connectivity index (χ2v) is 12.3. The predicted molar refractivity (Wildman–Crippen MR) is 151 cm³/mol. The first-order valence-corrected chi connectivity index (χ1v) is 14.8. The van der Waals surface area contributed by atoms with Crippen LogP contribution in [0.5, 0.6) is 0 Å². The molecule has 2 fully saturated rings. The van der Waals surface area contributed by atoms with Crippen LogP contribution in [0.1, 0.15) is 52.2 Å². The highest BCUT2D eigenvalue weighted by Crippen LogP contribution is 2.44. The number of carboxylic acids is 1. The molecule has 3 aliphatic rings. The lowest BCUT2D eigenvalue weighted by atomic mass is 9.96. The van der Waals surface area contributed by atoms with E-state index in [9.17, 15) is 9.35 Å². The van der Waals surface area contributed by atoms with Gasteiger partial charge in [0, 0.05) is 18.5 Å². The average Bonchev–Trinajstić information content (AvgIpc) is 3.62. The number of carbonyl (C=O) groups is 1. The van der Waals surface area contributed by atoms with Crippen LogP contribution < -0.4 is 9.62 Å². The topological polar surface area (TPSA) is 78.9 Å². The van der Waals surface area contributed by atoms with Gasteiger partial charge in [0.25, 0.3) is 0 Å². The average molecular weight is 530 g/mol. The maximum atomic E-state index is 13.1. The molecule has 0 aromatic heterocycles. The number of aromatic carboxylic acids is 1. The van der Waals surface area contributed by atoms with E-state index in [1.807, 2.05) is 46.8 Å². The van der Waals surface area contributed by atoms with Crippen LogP contribution in [-0.2, 0) is 24.3 Å². The molecule has 0 amide bonds. The highest BCUT2D eigenvalue weighted by molar-refractivity contribution is 7.92. The van der Waals surface area contributed by atoms with Crippen LogP contribution in [-0.4, -0.2) is 52.7 Å². The van der Waals surface area contributed by atoms with Crippen LogP contribution in [0.2, 0.25) is 0 Å². The summed E-state index contributed by atoms with van der Waals surface area (Å²) in [5, 5.41) is 12.9. The monoisotopic (exact) mass is 529 g/mol. The van der Waals surface area contributed by atoms with Crippen molar-refractivity contribution >= 4 is 23.0 Å². The van der Waals surface area contributed by atoms with Crippen molar-refractivity contribution in [1.82, 2.24) is 10.2 Å².